The molecule has 1 aliphatic rings. The standard InChI is InChI=1S/C10H20N2OS/c1-8(2)11-6-10(13)12-4-5-14-7-9(12)3/h8-9,11H,4-7H2,1-3H3. The minimum Gasteiger partial charge on any atom is -0.337 e. The van der Waals surface area contributed by atoms with Gasteiger partial charge in [-0.2, -0.15) is 11.8 Å². The van der Waals surface area contributed by atoms with Gasteiger partial charge >= 0.3 is 0 Å². The van der Waals surface area contributed by atoms with E-state index < -0.39 is 0 Å². The van der Waals surface area contributed by atoms with Crippen LogP contribution in [0.3, 0.4) is 0 Å². The van der Waals surface area contributed by atoms with Crippen molar-refractivity contribution < 1.29 is 4.79 Å². The maximum atomic E-state index is 11.8. The quantitative estimate of drug-likeness (QED) is 0.762. The van der Waals surface area contributed by atoms with Crippen molar-refractivity contribution >= 4 is 17.7 Å². The van der Waals surface area contributed by atoms with E-state index in [-0.39, 0.29) is 5.91 Å². The summed E-state index contributed by atoms with van der Waals surface area (Å²) in [6, 6.07) is 0.781. The van der Waals surface area contributed by atoms with Crippen molar-refractivity contribution in [2.24, 2.45) is 0 Å². The lowest BCUT2D eigenvalue weighted by Crippen LogP contribution is -2.48. The number of hydrogen-bond acceptors (Lipinski definition) is 3. The Bertz CT molecular complexity index is 197. The van der Waals surface area contributed by atoms with Crippen molar-refractivity contribution in [2.45, 2.75) is 32.9 Å². The Morgan fingerprint density at radius 2 is 2.36 bits per heavy atom. The molecule has 82 valence electrons. The number of hydrogen-bond donors (Lipinski definition) is 1. The number of thioether (sulfide) groups is 1. The zero-order chi connectivity index (χ0) is 10.6. The van der Waals surface area contributed by atoms with Gasteiger partial charge in [0.05, 0.1) is 6.54 Å². The molecule has 1 N–H and O–H groups in total. The Labute approximate surface area is 90.6 Å². The first-order valence-electron chi connectivity index (χ1n) is 5.22. The lowest BCUT2D eigenvalue weighted by atomic mass is 10.3. The van der Waals surface area contributed by atoms with Gasteiger partial charge in [-0.3, -0.25) is 4.79 Å². The maximum Gasteiger partial charge on any atom is 0.236 e. The second kappa shape index (κ2) is 5.61. The van der Waals surface area contributed by atoms with Gasteiger partial charge in [-0.25, -0.2) is 0 Å². The van der Waals surface area contributed by atoms with Crippen LogP contribution in [-0.2, 0) is 4.79 Å². The molecule has 1 saturated heterocycles. The van der Waals surface area contributed by atoms with Crippen LogP contribution in [-0.4, -0.2) is 47.5 Å². The van der Waals surface area contributed by atoms with Gasteiger partial charge in [0.2, 0.25) is 5.91 Å². The van der Waals surface area contributed by atoms with Gasteiger partial charge in [-0.1, -0.05) is 13.8 Å². The van der Waals surface area contributed by atoms with Crippen LogP contribution in [0.5, 0.6) is 0 Å². The second-order valence-electron chi connectivity index (χ2n) is 4.05. The molecule has 1 heterocycles. The molecule has 0 aromatic carbocycles. The Hall–Kier alpha value is -0.220. The molecule has 1 amide bonds. The lowest BCUT2D eigenvalue weighted by molar-refractivity contribution is -0.131. The van der Waals surface area contributed by atoms with Gasteiger partial charge in [0.15, 0.2) is 0 Å². The molecule has 1 atom stereocenters. The van der Waals surface area contributed by atoms with Crippen LogP contribution >= 0.6 is 11.8 Å². The summed E-state index contributed by atoms with van der Waals surface area (Å²) in [4.78, 5) is 13.8. The molecule has 1 rings (SSSR count). The summed E-state index contributed by atoms with van der Waals surface area (Å²) >= 11 is 1.93. The second-order valence-corrected chi connectivity index (χ2v) is 5.20. The average Bonchev–Trinajstić information content (AvgIpc) is 2.15. The van der Waals surface area contributed by atoms with Gasteiger partial charge < -0.3 is 10.2 Å². The van der Waals surface area contributed by atoms with Crippen LogP contribution in [0.4, 0.5) is 0 Å². The molecule has 4 heteroatoms. The van der Waals surface area contributed by atoms with Crippen molar-refractivity contribution in [3.63, 3.8) is 0 Å². The molecule has 0 radical (unpaired) electrons. The van der Waals surface area contributed by atoms with Gasteiger partial charge in [-0.15, -0.1) is 0 Å². The van der Waals surface area contributed by atoms with E-state index in [4.69, 9.17) is 0 Å². The minimum atomic E-state index is 0.242. The summed E-state index contributed by atoms with van der Waals surface area (Å²) in [6.07, 6.45) is 0. The molecule has 1 aliphatic heterocycles. The predicted octanol–water partition coefficient (Wildman–Crippen LogP) is 0.948. The summed E-state index contributed by atoms with van der Waals surface area (Å²) in [5, 5.41) is 3.17. The van der Waals surface area contributed by atoms with E-state index in [1.54, 1.807) is 0 Å². The van der Waals surface area contributed by atoms with Crippen LogP contribution in [0.15, 0.2) is 0 Å². The van der Waals surface area contributed by atoms with Crippen molar-refractivity contribution in [1.29, 1.82) is 0 Å². The predicted molar refractivity (Wildman–Crippen MR) is 61.6 cm³/mol. The van der Waals surface area contributed by atoms with E-state index >= 15 is 0 Å². The zero-order valence-corrected chi connectivity index (χ0v) is 10.1. The van der Waals surface area contributed by atoms with Crippen LogP contribution in [0.25, 0.3) is 0 Å². The summed E-state index contributed by atoms with van der Waals surface area (Å²) < 4.78 is 0. The number of rotatable bonds is 3. The van der Waals surface area contributed by atoms with E-state index in [0.717, 1.165) is 18.1 Å². The fourth-order valence-electron chi connectivity index (χ4n) is 1.49. The Morgan fingerprint density at radius 3 is 2.93 bits per heavy atom. The number of carbonyl (C=O) groups excluding carboxylic acids is 1. The number of nitrogens with one attached hydrogen (secondary N) is 1. The molecule has 3 nitrogen and oxygen atoms in total. The molecule has 0 aromatic rings. The highest BCUT2D eigenvalue weighted by atomic mass is 32.2. The average molecular weight is 216 g/mol. The third-order valence-corrected chi connectivity index (χ3v) is 3.54. The Balaban J connectivity index is 2.34. The minimum absolute atomic E-state index is 0.242. The van der Waals surface area contributed by atoms with Crippen molar-refractivity contribution in [1.82, 2.24) is 10.2 Å². The smallest absolute Gasteiger partial charge is 0.236 e. The fraction of sp³-hybridized carbons (Fsp3) is 0.900. The Morgan fingerprint density at radius 1 is 1.64 bits per heavy atom. The van der Waals surface area contributed by atoms with Crippen LogP contribution in [0.1, 0.15) is 20.8 Å². The monoisotopic (exact) mass is 216 g/mol. The molecule has 0 bridgehead atoms. The van der Waals surface area contributed by atoms with Crippen molar-refractivity contribution in [2.75, 3.05) is 24.6 Å². The summed E-state index contributed by atoms with van der Waals surface area (Å²) in [7, 11) is 0. The molecule has 14 heavy (non-hydrogen) atoms. The van der Waals surface area contributed by atoms with Gasteiger partial charge in [0, 0.05) is 30.1 Å². The summed E-state index contributed by atoms with van der Waals surface area (Å²) in [5.74, 6) is 2.40. The molecule has 0 spiro atoms. The number of carbonyl (C=O) groups is 1. The van der Waals surface area contributed by atoms with Gasteiger partial charge in [0.25, 0.3) is 0 Å². The SMILES string of the molecule is CC(C)NCC(=O)N1CCSCC1C. The normalized spacial score (nSPS) is 22.9. The largest absolute Gasteiger partial charge is 0.337 e. The molecule has 0 aliphatic carbocycles. The topological polar surface area (TPSA) is 32.3 Å². The highest BCUT2D eigenvalue weighted by Crippen LogP contribution is 2.15. The summed E-state index contributed by atoms with van der Waals surface area (Å²) in [6.45, 7) is 7.63. The first-order chi connectivity index (χ1) is 6.61. The third kappa shape index (κ3) is 3.50. The number of amides is 1. The van der Waals surface area contributed by atoms with Gasteiger partial charge in [-0.05, 0) is 6.92 Å². The van der Waals surface area contributed by atoms with Crippen molar-refractivity contribution in [3.05, 3.63) is 0 Å². The van der Waals surface area contributed by atoms with E-state index in [9.17, 15) is 4.79 Å². The molecule has 1 fully saturated rings. The molecule has 0 saturated carbocycles. The maximum absolute atomic E-state index is 11.8. The fourth-order valence-corrected chi connectivity index (χ4v) is 2.50. The van der Waals surface area contributed by atoms with Crippen molar-refractivity contribution in [3.8, 4) is 0 Å². The molecular formula is C10H20N2OS. The van der Waals surface area contributed by atoms with E-state index in [0.29, 0.717) is 18.6 Å². The van der Waals surface area contributed by atoms with E-state index in [1.807, 2.05) is 16.7 Å². The lowest BCUT2D eigenvalue weighted by Gasteiger charge is -2.33. The highest BCUT2D eigenvalue weighted by Gasteiger charge is 2.22. The Kier molecular flexibility index (Phi) is 4.75. The number of nitrogens with zero attached hydrogens (tertiary/aromatic N) is 1. The van der Waals surface area contributed by atoms with Gasteiger partial charge in [0.1, 0.15) is 0 Å². The first-order valence-corrected chi connectivity index (χ1v) is 6.37. The van der Waals surface area contributed by atoms with E-state index in [2.05, 4.69) is 26.1 Å². The molecular weight excluding hydrogens is 196 g/mol. The molecule has 1 unspecified atom stereocenters. The van der Waals surface area contributed by atoms with Crippen LogP contribution in [0.2, 0.25) is 0 Å². The van der Waals surface area contributed by atoms with E-state index in [1.165, 1.54) is 0 Å². The highest BCUT2D eigenvalue weighted by molar-refractivity contribution is 7.99. The third-order valence-electron chi connectivity index (χ3n) is 2.35. The summed E-state index contributed by atoms with van der Waals surface area (Å²) in [5.41, 5.74) is 0. The first kappa shape index (κ1) is 11.9. The van der Waals surface area contributed by atoms with Crippen LogP contribution in [0, 0.1) is 0 Å². The van der Waals surface area contributed by atoms with Crippen LogP contribution < -0.4 is 5.32 Å². The molecule has 0 aromatic heterocycles. The zero-order valence-electron chi connectivity index (χ0n) is 9.25.